The third kappa shape index (κ3) is 158. The molecule has 0 aromatic heterocycles. The molecule has 0 radical (unpaired) electrons. The molecule has 0 atom stereocenters. The molecule has 0 saturated heterocycles. The molecule has 7 heteroatoms. The summed E-state index contributed by atoms with van der Waals surface area (Å²) < 4.78 is 34.1. The number of hydrogen-bond donors (Lipinski definition) is 0. The van der Waals surface area contributed by atoms with Gasteiger partial charge in [0.2, 0.25) is 0 Å². The van der Waals surface area contributed by atoms with Crippen molar-refractivity contribution in [3.8, 4) is 0 Å². The van der Waals surface area contributed by atoms with E-state index < -0.39 is 31.4 Å². The summed E-state index contributed by atoms with van der Waals surface area (Å²) in [6.07, 6.45) is 0. The summed E-state index contributed by atoms with van der Waals surface area (Å²) in [5.41, 5.74) is 0. The normalized spacial score (nSPS) is 3.43. The average Bonchev–Trinajstić information content (AvgIpc) is 1.39. The fourth-order valence-electron chi connectivity index (χ4n) is 0. The summed E-state index contributed by atoms with van der Waals surface area (Å²) in [5, 5.41) is 0. The third-order valence-electron chi connectivity index (χ3n) is 0. The van der Waals surface area contributed by atoms with E-state index in [1.807, 2.05) is 0 Å². The van der Waals surface area contributed by atoms with E-state index in [9.17, 15) is 0 Å². The first-order valence-electron chi connectivity index (χ1n) is 0.943. The second-order valence-electron chi connectivity index (χ2n) is 0.192. The van der Waals surface area contributed by atoms with Crippen molar-refractivity contribution in [3.05, 3.63) is 0 Å². The molecule has 0 aromatic rings. The summed E-state index contributed by atoms with van der Waals surface area (Å²) in [4.78, 5) is 0. The van der Waals surface area contributed by atoms with E-state index in [0.29, 0.717) is 0 Å². The second-order valence-corrected chi connectivity index (χ2v) is 1.00. The van der Waals surface area contributed by atoms with Crippen LogP contribution in [0.4, 0.5) is 0 Å². The molecule has 0 fully saturated rings. The van der Waals surface area contributed by atoms with Crippen molar-refractivity contribution in [3.63, 3.8) is 0 Å². The van der Waals surface area contributed by atoms with E-state index >= 15 is 0 Å². The molecule has 0 spiro atoms. The second kappa shape index (κ2) is 27.6. The fraction of sp³-hybridized carbons (Fsp3) is 0. The zero-order valence-corrected chi connectivity index (χ0v) is 12.4. The predicted octanol–water partition coefficient (Wildman–Crippen LogP) is -5.36. The van der Waals surface area contributed by atoms with Gasteiger partial charge >= 0.3 is 70.9 Å². The van der Waals surface area contributed by atoms with Crippen LogP contribution < -0.4 is 8.27 Å². The van der Waals surface area contributed by atoms with E-state index in [1.165, 1.54) is 0 Å². The number of rotatable bonds is 0. The minimum absolute atomic E-state index is 0. The van der Waals surface area contributed by atoms with Gasteiger partial charge in [-0.25, -0.2) is 0 Å². The van der Waals surface area contributed by atoms with Gasteiger partial charge in [0.15, 0.2) is 0 Å². The summed E-state index contributed by atoms with van der Waals surface area (Å²) in [6.45, 7) is 0. The van der Waals surface area contributed by atoms with Crippen molar-refractivity contribution in [1.29, 1.82) is 0 Å². The third-order valence-corrected chi connectivity index (χ3v) is 0. The summed E-state index contributed by atoms with van der Waals surface area (Å²) in [6, 6.07) is 0. The van der Waals surface area contributed by atoms with E-state index in [1.54, 1.807) is 0 Å². The van der Waals surface area contributed by atoms with E-state index in [0.717, 1.165) is 0 Å². The average molecular weight is 343 g/mol. The molecule has 0 heterocycles. The van der Waals surface area contributed by atoms with Gasteiger partial charge in [0.05, 0.1) is 0 Å². The van der Waals surface area contributed by atoms with Crippen molar-refractivity contribution in [2.45, 2.75) is 0 Å². The van der Waals surface area contributed by atoms with Crippen molar-refractivity contribution < 1.29 is 15.8 Å². The monoisotopic (exact) mass is 348 g/mol. The van der Waals surface area contributed by atoms with Crippen LogP contribution >= 0.6 is 0 Å². The van der Waals surface area contributed by atoms with Crippen LogP contribution in [0.2, 0.25) is 0 Å². The van der Waals surface area contributed by atoms with Crippen molar-refractivity contribution in [2.75, 3.05) is 0 Å². The molecule has 0 saturated carbocycles. The molecule has 0 unspecified atom stereocenters. The first-order valence-corrected chi connectivity index (χ1v) is 4.90. The van der Waals surface area contributed by atoms with E-state index in [4.69, 9.17) is 15.8 Å². The zero-order chi connectivity index (χ0) is 5.41. The van der Waals surface area contributed by atoms with Crippen LogP contribution in [0.1, 0.15) is 0 Å². The standard InChI is InChI=1S/2GeHO2.H4Te/c2*2-1-3;/h2*1H;1H4/q2*-1;+2. The van der Waals surface area contributed by atoms with Gasteiger partial charge in [0, 0.05) is 0 Å². The Morgan fingerprint density at radius 3 is 1.00 bits per heavy atom. The molecule has 0 aliphatic rings. The molecule has 0 aliphatic heterocycles. The summed E-state index contributed by atoms with van der Waals surface area (Å²) in [7, 11) is 0. The van der Waals surface area contributed by atoms with Crippen molar-refractivity contribution in [1.82, 2.24) is 0 Å². The van der Waals surface area contributed by atoms with Crippen LogP contribution in [0, 0.1) is 0 Å². The number of hydrogen-bond acceptors (Lipinski definition) is 4. The van der Waals surface area contributed by atoms with Crippen molar-refractivity contribution >= 4 is 55.1 Å². The van der Waals surface area contributed by atoms with Gasteiger partial charge < -0.3 is 0 Å². The Balaban J connectivity index is -0.0000000400. The maximum atomic E-state index is 8.53. The van der Waals surface area contributed by atoms with Crippen LogP contribution in [0.15, 0.2) is 0 Å². The SMILES string of the molecule is [O]=[GeH][O-].[O]=[GeH][O-].[TeH4+2]. The van der Waals surface area contributed by atoms with Gasteiger partial charge in [-0.15, -0.1) is 0 Å². The Morgan fingerprint density at radius 2 is 1.00 bits per heavy atom. The zero-order valence-electron chi connectivity index (χ0n) is 3.49. The first-order chi connectivity index (χ1) is 2.83. The van der Waals surface area contributed by atoms with E-state index in [2.05, 4.69) is 0 Å². The van der Waals surface area contributed by atoms with Crippen molar-refractivity contribution in [2.24, 2.45) is 0 Å². The quantitative estimate of drug-likeness (QED) is 0.412. The molecule has 0 rings (SSSR count). The molecular weight excluding hydrogens is 337 g/mol. The Hall–Kier alpha value is 1.08. The molecule has 0 aliphatic carbocycles. The molecule has 0 amide bonds. The molecule has 44 valence electrons. The van der Waals surface area contributed by atoms with E-state index in [-0.39, 0.29) is 23.7 Å². The Bertz CT molecular complexity index is 30.7. The van der Waals surface area contributed by atoms with Crippen LogP contribution in [0.5, 0.6) is 0 Å². The Labute approximate surface area is 70.5 Å². The Morgan fingerprint density at radius 1 is 1.00 bits per heavy atom. The van der Waals surface area contributed by atoms with Crippen LogP contribution in [-0.2, 0) is 7.56 Å². The molecule has 0 N–H and O–H groups in total. The summed E-state index contributed by atoms with van der Waals surface area (Å²) in [5.74, 6) is 0. The molecule has 0 bridgehead atoms. The maximum absolute atomic E-state index is 8.53. The minimum atomic E-state index is -2.19. The fourth-order valence-corrected chi connectivity index (χ4v) is 0. The molecule has 0 aromatic carbocycles. The van der Waals surface area contributed by atoms with Crippen LogP contribution in [0.3, 0.4) is 0 Å². The van der Waals surface area contributed by atoms with Crippen LogP contribution in [0.25, 0.3) is 0 Å². The van der Waals surface area contributed by atoms with Gasteiger partial charge in [0.1, 0.15) is 0 Å². The molecule has 4 nitrogen and oxygen atoms in total. The van der Waals surface area contributed by atoms with Gasteiger partial charge in [-0.1, -0.05) is 0 Å². The molecule has 7 heavy (non-hydrogen) atoms. The van der Waals surface area contributed by atoms with Gasteiger partial charge in [0.25, 0.3) is 0 Å². The Kier molecular flexibility index (Phi) is 61.9. The van der Waals surface area contributed by atoms with Gasteiger partial charge in [-0.2, -0.15) is 0 Å². The predicted molar refractivity (Wildman–Crippen MR) is 27.0 cm³/mol. The summed E-state index contributed by atoms with van der Waals surface area (Å²) >= 11 is -4.38. The molecular formula is H6Ge2O4Te. The van der Waals surface area contributed by atoms with Gasteiger partial charge in [-0.05, 0) is 0 Å². The van der Waals surface area contributed by atoms with Crippen LogP contribution in [-0.4, -0.2) is 55.1 Å². The first kappa shape index (κ1) is 15.7. The van der Waals surface area contributed by atoms with Gasteiger partial charge in [-0.3, -0.25) is 0 Å². The topological polar surface area (TPSA) is 80.3 Å².